The summed E-state index contributed by atoms with van der Waals surface area (Å²) in [7, 11) is 0. The molecule has 0 bridgehead atoms. The smallest absolute Gasteiger partial charge is 0.178 e. The molecule has 5 aliphatic rings. The Kier molecular flexibility index (Phi) is 9.28. The lowest BCUT2D eigenvalue weighted by Crippen LogP contribution is -2.51. The van der Waals surface area contributed by atoms with Crippen molar-refractivity contribution in [1.82, 2.24) is 9.88 Å². The van der Waals surface area contributed by atoms with Gasteiger partial charge < -0.3 is 14.7 Å². The number of piperazine rings is 1. The zero-order valence-electron chi connectivity index (χ0n) is 29.5. The van der Waals surface area contributed by atoms with Gasteiger partial charge in [-0.25, -0.2) is 4.98 Å². The van der Waals surface area contributed by atoms with E-state index >= 15 is 0 Å². The predicted octanol–water partition coefficient (Wildman–Crippen LogP) is 6.56. The third-order valence-corrected chi connectivity index (χ3v) is 12.7. The first-order valence-corrected chi connectivity index (χ1v) is 18.2. The quantitative estimate of drug-likeness (QED) is 0.273. The van der Waals surface area contributed by atoms with Crippen LogP contribution in [0.1, 0.15) is 74.1 Å². The molecule has 6 atom stereocenters. The number of hydrogen-bond donors (Lipinski definition) is 0. The van der Waals surface area contributed by atoms with Crippen LogP contribution < -0.4 is 14.7 Å². The second kappa shape index (κ2) is 12.9. The van der Waals surface area contributed by atoms with Crippen LogP contribution in [-0.4, -0.2) is 80.4 Å². The molecule has 1 aromatic rings. The first kappa shape index (κ1) is 33.0. The highest BCUT2D eigenvalue weighted by molar-refractivity contribution is 6.01. The van der Waals surface area contributed by atoms with Crippen molar-refractivity contribution in [2.75, 3.05) is 73.6 Å². The van der Waals surface area contributed by atoms with E-state index in [1.807, 2.05) is 6.08 Å². The summed E-state index contributed by atoms with van der Waals surface area (Å²) < 4.78 is 0. The molecule has 7 heteroatoms. The van der Waals surface area contributed by atoms with E-state index in [-0.39, 0.29) is 22.5 Å². The number of anilines is 3. The van der Waals surface area contributed by atoms with Gasteiger partial charge in [0.05, 0.1) is 12.2 Å². The van der Waals surface area contributed by atoms with Crippen LogP contribution in [0.4, 0.5) is 17.3 Å². The Hall–Kier alpha value is -2.93. The highest BCUT2D eigenvalue weighted by atomic mass is 16.1. The number of fused-ring (bicyclic) bond motifs is 5. The van der Waals surface area contributed by atoms with Gasteiger partial charge in [-0.3, -0.25) is 14.5 Å². The fourth-order valence-corrected chi connectivity index (χ4v) is 10.2. The molecule has 6 rings (SSSR count). The maximum atomic E-state index is 14.3. The molecule has 0 radical (unpaired) electrons. The van der Waals surface area contributed by atoms with Crippen molar-refractivity contribution in [1.29, 1.82) is 0 Å². The number of ketones is 2. The fraction of sp³-hybridized carbons (Fsp3) is 0.667. The number of carbonyl (C=O) groups is 2. The number of Topliss-reactive ketones (excluding diaryl/α,β-unsaturated/α-hetero) is 1. The van der Waals surface area contributed by atoms with Crippen molar-refractivity contribution in [2.24, 2.45) is 34.5 Å². The number of allylic oxidation sites excluding steroid dienone is 6. The summed E-state index contributed by atoms with van der Waals surface area (Å²) in [6, 6.07) is 4.44. The van der Waals surface area contributed by atoms with Crippen LogP contribution in [0.3, 0.4) is 0 Å². The van der Waals surface area contributed by atoms with E-state index in [0.717, 1.165) is 89.7 Å². The highest BCUT2D eigenvalue weighted by Gasteiger charge is 2.59. The van der Waals surface area contributed by atoms with Gasteiger partial charge in [-0.05, 0) is 108 Å². The average Bonchev–Trinajstić information content (AvgIpc) is 3.33. The van der Waals surface area contributed by atoms with E-state index in [9.17, 15) is 9.59 Å². The molecule has 4 aliphatic carbocycles. The number of carbonyl (C=O) groups excluding carboxylic acids is 2. The molecule has 0 unspecified atom stereocenters. The summed E-state index contributed by atoms with van der Waals surface area (Å²) in [6.07, 6.45) is 12.5. The summed E-state index contributed by atoms with van der Waals surface area (Å²) in [5.41, 5.74) is 3.88. The van der Waals surface area contributed by atoms with Crippen LogP contribution in [0.2, 0.25) is 0 Å². The number of aromatic nitrogens is 1. The fourth-order valence-electron chi connectivity index (χ4n) is 10.2. The Morgan fingerprint density at radius 2 is 1.70 bits per heavy atom. The monoisotopic (exact) mass is 627 g/mol. The molecule has 0 N–H and O–H groups in total. The van der Waals surface area contributed by atoms with E-state index in [1.165, 1.54) is 16.8 Å². The zero-order chi connectivity index (χ0) is 32.8. The van der Waals surface area contributed by atoms with Crippen molar-refractivity contribution < 1.29 is 9.59 Å². The zero-order valence-corrected chi connectivity index (χ0v) is 29.5. The Labute approximate surface area is 277 Å². The largest absolute Gasteiger partial charge is 0.369 e. The molecule has 3 fully saturated rings. The Morgan fingerprint density at radius 3 is 2.37 bits per heavy atom. The van der Waals surface area contributed by atoms with Crippen molar-refractivity contribution in [3.05, 3.63) is 47.6 Å². The standard InChI is InChI=1S/C39H57N5O2/c1-8-42(9-2)33-14-15-35(43(10-3)11-4)40-37(33)44-22-20-41(21-23-44)26-34(46)36-27(5)24-32-30-13-12-28-25-29(45)16-18-38(28,6)31(30)17-19-39(32,36)7/h14-18,25,27,30,32,36H,8-13,19-24,26H2,1-7H3/t27-,30-,32+,36-,38+,39+/m1/s1. The number of hydrogen-bond acceptors (Lipinski definition) is 7. The van der Waals surface area contributed by atoms with E-state index in [4.69, 9.17) is 4.98 Å². The number of nitrogens with zero attached hydrogens (tertiary/aromatic N) is 5. The van der Waals surface area contributed by atoms with E-state index in [2.05, 4.69) is 92.4 Å². The predicted molar refractivity (Wildman–Crippen MR) is 190 cm³/mol. The summed E-state index contributed by atoms with van der Waals surface area (Å²) in [5, 5.41) is 0. The summed E-state index contributed by atoms with van der Waals surface area (Å²) in [5.74, 6) is 4.23. The number of pyridine rings is 1. The first-order chi connectivity index (χ1) is 22.1. The Balaban J connectivity index is 1.15. The van der Waals surface area contributed by atoms with Crippen LogP contribution in [0, 0.1) is 34.5 Å². The molecular formula is C39H57N5O2. The molecule has 2 heterocycles. The van der Waals surface area contributed by atoms with Crippen molar-refractivity contribution in [3.8, 4) is 0 Å². The lowest BCUT2D eigenvalue weighted by Gasteiger charge is -2.52. The van der Waals surface area contributed by atoms with Crippen LogP contribution in [0.5, 0.6) is 0 Å². The normalized spacial score (nSPS) is 32.3. The van der Waals surface area contributed by atoms with Gasteiger partial charge in [0.25, 0.3) is 0 Å². The van der Waals surface area contributed by atoms with Crippen molar-refractivity contribution in [3.63, 3.8) is 0 Å². The van der Waals surface area contributed by atoms with Gasteiger partial charge in [0.15, 0.2) is 17.4 Å². The van der Waals surface area contributed by atoms with Gasteiger partial charge in [-0.1, -0.05) is 37.1 Å². The third-order valence-electron chi connectivity index (χ3n) is 12.7. The lowest BCUT2D eigenvalue weighted by atomic mass is 9.52. The SMILES string of the molecule is CCN(CC)c1ccc(N(CC)CC)c(N2CCN(CC(=O)[C@H]3[C@H](C)C[C@H]4[C@@H]5CCC6=CC(=O)C=C[C@]6(C)C5=CC[C@@]43C)CC2)n1. The Morgan fingerprint density at radius 1 is 1.00 bits per heavy atom. The first-order valence-electron chi connectivity index (χ1n) is 18.2. The minimum absolute atomic E-state index is 0.00568. The van der Waals surface area contributed by atoms with Crippen LogP contribution in [0.15, 0.2) is 47.6 Å². The molecule has 0 spiro atoms. The molecule has 0 aromatic carbocycles. The van der Waals surface area contributed by atoms with Gasteiger partial charge in [-0.2, -0.15) is 0 Å². The molecular weight excluding hydrogens is 570 g/mol. The van der Waals surface area contributed by atoms with Gasteiger partial charge in [0.2, 0.25) is 0 Å². The molecule has 7 nitrogen and oxygen atoms in total. The van der Waals surface area contributed by atoms with Gasteiger partial charge in [0.1, 0.15) is 5.82 Å². The molecule has 1 aromatic heterocycles. The molecule has 0 amide bonds. The summed E-state index contributed by atoms with van der Waals surface area (Å²) in [6.45, 7) is 23.7. The third kappa shape index (κ3) is 5.54. The molecule has 250 valence electrons. The Bertz CT molecular complexity index is 1420. The maximum Gasteiger partial charge on any atom is 0.178 e. The second-order valence-electron chi connectivity index (χ2n) is 15.0. The molecule has 1 aliphatic heterocycles. The minimum Gasteiger partial charge on any atom is -0.369 e. The van der Waals surface area contributed by atoms with E-state index < -0.39 is 0 Å². The summed E-state index contributed by atoms with van der Waals surface area (Å²) >= 11 is 0. The van der Waals surface area contributed by atoms with Crippen molar-refractivity contribution >= 4 is 28.9 Å². The van der Waals surface area contributed by atoms with Crippen LogP contribution >= 0.6 is 0 Å². The molecule has 2 saturated carbocycles. The molecule has 46 heavy (non-hydrogen) atoms. The van der Waals surface area contributed by atoms with Gasteiger partial charge in [0, 0.05) is 63.7 Å². The topological polar surface area (TPSA) is 60.0 Å². The van der Waals surface area contributed by atoms with E-state index in [0.29, 0.717) is 30.1 Å². The van der Waals surface area contributed by atoms with Crippen LogP contribution in [-0.2, 0) is 9.59 Å². The molecule has 1 saturated heterocycles. The van der Waals surface area contributed by atoms with Crippen molar-refractivity contribution in [2.45, 2.75) is 74.1 Å². The van der Waals surface area contributed by atoms with Gasteiger partial charge in [-0.15, -0.1) is 0 Å². The minimum atomic E-state index is -0.131. The number of rotatable bonds is 10. The maximum absolute atomic E-state index is 14.3. The highest BCUT2D eigenvalue weighted by Crippen LogP contribution is 2.65. The van der Waals surface area contributed by atoms with Gasteiger partial charge >= 0.3 is 0 Å². The van der Waals surface area contributed by atoms with Crippen LogP contribution in [0.25, 0.3) is 0 Å². The lowest BCUT2D eigenvalue weighted by molar-refractivity contribution is -0.129. The summed E-state index contributed by atoms with van der Waals surface area (Å²) in [4.78, 5) is 41.2. The second-order valence-corrected chi connectivity index (χ2v) is 15.0. The van der Waals surface area contributed by atoms with E-state index in [1.54, 1.807) is 6.08 Å². The average molecular weight is 628 g/mol.